The van der Waals surface area contributed by atoms with Crippen LogP contribution in [0.5, 0.6) is 5.75 Å². The number of piperidine rings is 1. The van der Waals surface area contributed by atoms with Gasteiger partial charge in [0.1, 0.15) is 12.4 Å². The van der Waals surface area contributed by atoms with Crippen molar-refractivity contribution in [1.29, 1.82) is 0 Å². The Morgan fingerprint density at radius 2 is 1.76 bits per heavy atom. The molecule has 0 saturated carbocycles. The number of hydrogen-bond acceptors (Lipinski definition) is 6. The Balaban J connectivity index is 1.82. The molecule has 176 valence electrons. The van der Waals surface area contributed by atoms with Crippen molar-refractivity contribution in [2.75, 3.05) is 38.3 Å². The van der Waals surface area contributed by atoms with Gasteiger partial charge < -0.3 is 20.1 Å². The van der Waals surface area contributed by atoms with E-state index in [9.17, 15) is 4.79 Å². The van der Waals surface area contributed by atoms with Crippen molar-refractivity contribution >= 4 is 11.6 Å². The summed E-state index contributed by atoms with van der Waals surface area (Å²) in [4.78, 5) is 24.4. The van der Waals surface area contributed by atoms with Crippen LogP contribution in [0.25, 0.3) is 27.2 Å². The summed E-state index contributed by atoms with van der Waals surface area (Å²) < 4.78 is 7.09. The molecule has 0 unspecified atom stereocenters. The molecule has 0 atom stereocenters. The van der Waals surface area contributed by atoms with Gasteiger partial charge in [0.05, 0.1) is 24.4 Å². The van der Waals surface area contributed by atoms with E-state index in [1.165, 1.54) is 0 Å². The van der Waals surface area contributed by atoms with Crippen molar-refractivity contribution in [3.05, 3.63) is 70.3 Å². The fourth-order valence-corrected chi connectivity index (χ4v) is 4.29. The third kappa shape index (κ3) is 4.81. The Labute approximate surface area is 199 Å². The number of ether oxygens (including phenoxy) is 1. The van der Waals surface area contributed by atoms with Gasteiger partial charge in [0.15, 0.2) is 5.69 Å². The third-order valence-electron chi connectivity index (χ3n) is 6.23. The first-order chi connectivity index (χ1) is 16.5. The van der Waals surface area contributed by atoms with Gasteiger partial charge in [-0.1, -0.05) is 36.4 Å². The van der Waals surface area contributed by atoms with Crippen LogP contribution in [-0.2, 0) is 7.05 Å². The van der Waals surface area contributed by atoms with Gasteiger partial charge in [-0.15, -0.1) is 0 Å². The summed E-state index contributed by atoms with van der Waals surface area (Å²) in [5.41, 5.74) is 3.01. The number of aliphatic hydroxyl groups is 1. The summed E-state index contributed by atoms with van der Waals surface area (Å²) in [7, 11) is 3.75. The van der Waals surface area contributed by atoms with E-state index in [0.717, 1.165) is 37.1 Å². The zero-order chi connectivity index (χ0) is 24.1. The Morgan fingerprint density at radius 3 is 2.35 bits per heavy atom. The first kappa shape index (κ1) is 23.5. The number of aromatic nitrogens is 2. The molecule has 0 radical (unpaired) electrons. The molecular weight excluding hydrogens is 430 g/mol. The highest BCUT2D eigenvalue weighted by Gasteiger charge is 2.24. The van der Waals surface area contributed by atoms with Gasteiger partial charge in [-0.3, -0.25) is 9.36 Å². The maximum absolute atomic E-state index is 13.7. The van der Waals surface area contributed by atoms with Crippen LogP contribution in [0.1, 0.15) is 12.8 Å². The standard InChI is InChI=1S/C26H29N5O3/c1-27-20-8-4-19(5-9-20)24-23(18-6-10-22(11-7-18)34-17-16-32)25(33)30(3)26(29-24)31-14-12-21(28-2)13-15-31/h4-11,21,28,32H,12-17H2,2-3H3. The van der Waals surface area contributed by atoms with Gasteiger partial charge in [-0.05, 0) is 43.1 Å². The number of anilines is 1. The molecule has 0 spiro atoms. The summed E-state index contributed by atoms with van der Waals surface area (Å²) in [6, 6.07) is 14.9. The fraction of sp³-hybridized carbons (Fsp3) is 0.346. The van der Waals surface area contributed by atoms with Gasteiger partial charge in [0.25, 0.3) is 5.56 Å². The number of nitrogens with one attached hydrogen (secondary N) is 1. The van der Waals surface area contributed by atoms with Crippen molar-refractivity contribution in [1.82, 2.24) is 14.9 Å². The SMILES string of the molecule is [C-]#[N+]c1ccc(-c2nc(N3CCC(NC)CC3)n(C)c(=O)c2-c2ccc(OCCO)cc2)cc1. The lowest BCUT2D eigenvalue weighted by Gasteiger charge is -2.33. The molecule has 8 nitrogen and oxygen atoms in total. The van der Waals surface area contributed by atoms with Gasteiger partial charge in [-0.2, -0.15) is 0 Å². The van der Waals surface area contributed by atoms with Crippen molar-refractivity contribution in [3.8, 4) is 28.1 Å². The third-order valence-corrected chi connectivity index (χ3v) is 6.23. The second kappa shape index (κ2) is 10.5. The normalized spacial score (nSPS) is 14.1. The average molecular weight is 460 g/mol. The summed E-state index contributed by atoms with van der Waals surface area (Å²) in [5.74, 6) is 1.27. The molecule has 2 N–H and O–H groups in total. The molecule has 8 heteroatoms. The number of nitrogens with zero attached hydrogens (tertiary/aromatic N) is 4. The zero-order valence-corrected chi connectivity index (χ0v) is 19.5. The molecule has 1 aliphatic rings. The molecule has 1 aromatic heterocycles. The second-order valence-electron chi connectivity index (χ2n) is 8.30. The van der Waals surface area contributed by atoms with Crippen LogP contribution in [0, 0.1) is 6.57 Å². The molecule has 3 aromatic rings. The summed E-state index contributed by atoms with van der Waals surface area (Å²) in [6.07, 6.45) is 1.97. The Kier molecular flexibility index (Phi) is 7.26. The molecule has 2 heterocycles. The van der Waals surface area contributed by atoms with E-state index in [1.807, 2.05) is 31.3 Å². The summed E-state index contributed by atoms with van der Waals surface area (Å²) in [6.45, 7) is 9.02. The fourth-order valence-electron chi connectivity index (χ4n) is 4.29. The minimum Gasteiger partial charge on any atom is -0.491 e. The van der Waals surface area contributed by atoms with Crippen LogP contribution in [0.4, 0.5) is 11.6 Å². The van der Waals surface area contributed by atoms with Crippen LogP contribution in [0.15, 0.2) is 53.3 Å². The van der Waals surface area contributed by atoms with E-state index in [0.29, 0.717) is 34.7 Å². The largest absolute Gasteiger partial charge is 0.491 e. The maximum atomic E-state index is 13.7. The number of aliphatic hydroxyl groups excluding tert-OH is 1. The topological polar surface area (TPSA) is 84.0 Å². The lowest BCUT2D eigenvalue weighted by Crippen LogP contribution is -2.43. The molecule has 1 fully saturated rings. The molecular formula is C26H29N5O3. The number of rotatable bonds is 7. The number of benzene rings is 2. The van der Waals surface area contributed by atoms with E-state index in [4.69, 9.17) is 21.4 Å². The minimum atomic E-state index is -0.131. The van der Waals surface area contributed by atoms with E-state index in [-0.39, 0.29) is 18.8 Å². The van der Waals surface area contributed by atoms with E-state index in [1.54, 1.807) is 35.9 Å². The van der Waals surface area contributed by atoms with Crippen LogP contribution in [-0.4, -0.2) is 54.1 Å². The predicted octanol–water partition coefficient (Wildman–Crippen LogP) is 3.22. The predicted molar refractivity (Wildman–Crippen MR) is 133 cm³/mol. The van der Waals surface area contributed by atoms with Gasteiger partial charge in [0.2, 0.25) is 5.95 Å². The quantitative estimate of drug-likeness (QED) is 0.528. The van der Waals surface area contributed by atoms with Crippen molar-refractivity contribution in [2.24, 2.45) is 7.05 Å². The molecule has 34 heavy (non-hydrogen) atoms. The van der Waals surface area contributed by atoms with E-state index < -0.39 is 0 Å². The van der Waals surface area contributed by atoms with Crippen LogP contribution < -0.4 is 20.5 Å². The second-order valence-corrected chi connectivity index (χ2v) is 8.30. The van der Waals surface area contributed by atoms with E-state index in [2.05, 4.69) is 15.1 Å². The molecule has 2 aromatic carbocycles. The molecule has 0 aliphatic carbocycles. The van der Waals surface area contributed by atoms with Crippen molar-refractivity contribution in [3.63, 3.8) is 0 Å². The highest BCUT2D eigenvalue weighted by molar-refractivity contribution is 5.81. The lowest BCUT2D eigenvalue weighted by atomic mass is 10.00. The summed E-state index contributed by atoms with van der Waals surface area (Å²) >= 11 is 0. The minimum absolute atomic E-state index is 0.0655. The van der Waals surface area contributed by atoms with Crippen molar-refractivity contribution in [2.45, 2.75) is 18.9 Å². The van der Waals surface area contributed by atoms with Gasteiger partial charge in [0, 0.05) is 26.2 Å². The monoisotopic (exact) mass is 459 g/mol. The maximum Gasteiger partial charge on any atom is 0.263 e. The molecule has 1 aliphatic heterocycles. The summed E-state index contributed by atoms with van der Waals surface area (Å²) in [5, 5.41) is 12.3. The van der Waals surface area contributed by atoms with Crippen LogP contribution in [0.3, 0.4) is 0 Å². The molecule has 4 rings (SSSR count). The Bertz CT molecular complexity index is 1220. The Morgan fingerprint density at radius 1 is 1.12 bits per heavy atom. The van der Waals surface area contributed by atoms with Gasteiger partial charge in [-0.25, -0.2) is 9.83 Å². The van der Waals surface area contributed by atoms with Crippen molar-refractivity contribution < 1.29 is 9.84 Å². The van der Waals surface area contributed by atoms with Gasteiger partial charge >= 0.3 is 0 Å². The molecule has 0 bridgehead atoms. The first-order valence-corrected chi connectivity index (χ1v) is 11.4. The molecule has 1 saturated heterocycles. The van der Waals surface area contributed by atoms with Crippen LogP contribution >= 0.6 is 0 Å². The highest BCUT2D eigenvalue weighted by Crippen LogP contribution is 2.32. The average Bonchev–Trinajstić information content (AvgIpc) is 2.89. The lowest BCUT2D eigenvalue weighted by molar-refractivity contribution is 0.201. The number of hydrogen-bond donors (Lipinski definition) is 2. The van der Waals surface area contributed by atoms with E-state index >= 15 is 0 Å². The first-order valence-electron chi connectivity index (χ1n) is 11.4. The highest BCUT2D eigenvalue weighted by atomic mass is 16.5. The van der Waals surface area contributed by atoms with Crippen LogP contribution in [0.2, 0.25) is 0 Å². The zero-order valence-electron chi connectivity index (χ0n) is 19.5. The Hall–Kier alpha value is -3.67. The smallest absolute Gasteiger partial charge is 0.263 e. The molecule has 0 amide bonds.